The molecule has 5 heteroatoms. The highest BCUT2D eigenvalue weighted by Crippen LogP contribution is 2.58. The van der Waals surface area contributed by atoms with Crippen LogP contribution in [0.15, 0.2) is 189 Å². The van der Waals surface area contributed by atoms with E-state index in [4.69, 9.17) is 9.97 Å². The van der Waals surface area contributed by atoms with Gasteiger partial charge < -0.3 is 14.0 Å². The van der Waals surface area contributed by atoms with E-state index in [1.807, 2.05) is 12.7 Å². The van der Waals surface area contributed by atoms with Crippen LogP contribution in [0.1, 0.15) is 124 Å². The van der Waals surface area contributed by atoms with Crippen molar-refractivity contribution in [3.8, 4) is 33.9 Å². The SMILES string of the molecule is CC(C)c1cccc(C(C)C)c1-n1cnc(-c2cccc(N3c4ccccc4C(c4ccccc4)(c4ccccc4)c4ccc(-c5cn(-c6c(C(C)C)cccc6C(C)C)cn5)cc43)c2)c1. The Morgan fingerprint density at radius 1 is 0.394 bits per heavy atom. The number of fused-ring (bicyclic) bond motifs is 2. The Kier molecular flexibility index (Phi) is 11.2. The summed E-state index contributed by atoms with van der Waals surface area (Å²) >= 11 is 0. The Hall–Kier alpha value is -7.24. The van der Waals surface area contributed by atoms with Gasteiger partial charge in [-0.05, 0) is 92.4 Å². The van der Waals surface area contributed by atoms with Gasteiger partial charge in [0.05, 0.1) is 52.2 Å². The predicted molar refractivity (Wildman–Crippen MR) is 274 cm³/mol. The highest BCUT2D eigenvalue weighted by Gasteiger charge is 2.46. The van der Waals surface area contributed by atoms with Gasteiger partial charge in [0, 0.05) is 29.2 Å². The molecule has 328 valence electrons. The lowest BCUT2D eigenvalue weighted by Gasteiger charge is -2.46. The third-order valence-corrected chi connectivity index (χ3v) is 13.7. The van der Waals surface area contributed by atoms with E-state index in [-0.39, 0.29) is 0 Å². The average molecular weight is 862 g/mol. The quantitative estimate of drug-likeness (QED) is 0.130. The molecule has 0 radical (unpaired) electrons. The monoisotopic (exact) mass is 861 g/mol. The molecular formula is C61H59N5. The van der Waals surface area contributed by atoms with E-state index in [0.717, 1.165) is 39.6 Å². The molecule has 0 bridgehead atoms. The number of hydrogen-bond donors (Lipinski definition) is 0. The lowest BCUT2D eigenvalue weighted by molar-refractivity contribution is 0.731. The first-order valence-corrected chi connectivity index (χ1v) is 23.7. The fourth-order valence-corrected chi connectivity index (χ4v) is 10.5. The zero-order valence-corrected chi connectivity index (χ0v) is 39.4. The number of aromatic nitrogens is 4. The first kappa shape index (κ1) is 42.7. The minimum Gasteiger partial charge on any atom is -0.310 e. The van der Waals surface area contributed by atoms with Crippen molar-refractivity contribution >= 4 is 17.1 Å². The third-order valence-electron chi connectivity index (χ3n) is 13.7. The molecule has 0 unspecified atom stereocenters. The maximum absolute atomic E-state index is 5.16. The van der Waals surface area contributed by atoms with Crippen molar-refractivity contribution in [1.82, 2.24) is 19.1 Å². The van der Waals surface area contributed by atoms with E-state index in [9.17, 15) is 0 Å². The second-order valence-electron chi connectivity index (χ2n) is 19.1. The molecule has 0 atom stereocenters. The van der Waals surface area contributed by atoms with Crippen LogP contribution in [0.3, 0.4) is 0 Å². The average Bonchev–Trinajstić information content (AvgIpc) is 4.05. The van der Waals surface area contributed by atoms with Crippen molar-refractivity contribution in [2.75, 3.05) is 4.90 Å². The van der Waals surface area contributed by atoms with Crippen molar-refractivity contribution < 1.29 is 0 Å². The zero-order valence-electron chi connectivity index (χ0n) is 39.4. The molecule has 7 aromatic carbocycles. The minimum atomic E-state index is -0.612. The highest BCUT2D eigenvalue weighted by atomic mass is 15.2. The summed E-state index contributed by atoms with van der Waals surface area (Å²) < 4.78 is 4.48. The Labute approximate surface area is 391 Å². The topological polar surface area (TPSA) is 38.9 Å². The van der Waals surface area contributed by atoms with Gasteiger partial charge in [-0.1, -0.05) is 195 Å². The van der Waals surface area contributed by atoms with E-state index < -0.39 is 5.41 Å². The van der Waals surface area contributed by atoms with Gasteiger partial charge in [-0.25, -0.2) is 9.97 Å². The van der Waals surface area contributed by atoms with Crippen molar-refractivity contribution in [3.63, 3.8) is 0 Å². The van der Waals surface area contributed by atoms with Crippen molar-refractivity contribution in [1.29, 1.82) is 0 Å². The zero-order chi connectivity index (χ0) is 45.7. The summed E-state index contributed by atoms with van der Waals surface area (Å²) in [5.74, 6) is 1.48. The molecule has 0 N–H and O–H groups in total. The molecule has 0 saturated carbocycles. The summed E-state index contributed by atoms with van der Waals surface area (Å²) in [6.07, 6.45) is 8.41. The molecule has 0 spiro atoms. The molecule has 1 aliphatic heterocycles. The molecule has 0 saturated heterocycles. The van der Waals surface area contributed by atoms with E-state index >= 15 is 0 Å². The van der Waals surface area contributed by atoms with Crippen LogP contribution in [0.25, 0.3) is 33.9 Å². The second-order valence-corrected chi connectivity index (χ2v) is 19.1. The van der Waals surface area contributed by atoms with Crippen molar-refractivity contribution in [3.05, 3.63) is 233 Å². The molecule has 9 aromatic rings. The number of nitrogens with zero attached hydrogens (tertiary/aromatic N) is 5. The Morgan fingerprint density at radius 3 is 1.33 bits per heavy atom. The summed E-state index contributed by atoms with van der Waals surface area (Å²) in [6, 6.07) is 60.4. The van der Waals surface area contributed by atoms with Crippen molar-refractivity contribution in [2.45, 2.75) is 84.5 Å². The summed E-state index contributed by atoms with van der Waals surface area (Å²) in [5.41, 5.74) is 19.3. The van der Waals surface area contributed by atoms with Crippen LogP contribution in [0.2, 0.25) is 0 Å². The Bertz CT molecular complexity index is 3070. The van der Waals surface area contributed by atoms with Gasteiger partial charge in [-0.3, -0.25) is 0 Å². The number of benzene rings is 7. The molecular weight excluding hydrogens is 803 g/mol. The standard InChI is InChI=1S/C61H59N5/c1-40(2)49-26-18-27-50(41(3)4)59(49)64-36-55(62-38-64)44-20-17-25-48(34-44)66-57-31-16-15-30-53(57)61(46-21-11-9-12-22-46,47-23-13-10-14-24-47)54-33-32-45(35-58(54)66)56-37-65(39-63-56)60-51(42(5)6)28-19-29-52(60)43(7)8/h9-43H,1-8H3. The number of rotatable bonds is 11. The normalized spacial score (nSPS) is 13.2. The number of hydrogen-bond acceptors (Lipinski definition) is 3. The first-order valence-electron chi connectivity index (χ1n) is 23.7. The smallest absolute Gasteiger partial charge is 0.0999 e. The maximum Gasteiger partial charge on any atom is 0.0999 e. The van der Waals surface area contributed by atoms with E-state index in [1.165, 1.54) is 55.9 Å². The molecule has 0 fully saturated rings. The Morgan fingerprint density at radius 2 is 0.833 bits per heavy atom. The number of anilines is 3. The van der Waals surface area contributed by atoms with Crippen LogP contribution in [-0.2, 0) is 5.41 Å². The van der Waals surface area contributed by atoms with Gasteiger partial charge >= 0.3 is 0 Å². The van der Waals surface area contributed by atoms with Gasteiger partial charge in [0.2, 0.25) is 0 Å². The van der Waals surface area contributed by atoms with Gasteiger partial charge in [0.15, 0.2) is 0 Å². The van der Waals surface area contributed by atoms with Gasteiger partial charge in [0.1, 0.15) is 0 Å². The van der Waals surface area contributed by atoms with E-state index in [1.54, 1.807) is 0 Å². The minimum absolute atomic E-state index is 0.365. The van der Waals surface area contributed by atoms with Crippen LogP contribution in [0, 0.1) is 0 Å². The van der Waals surface area contributed by atoms with Crippen molar-refractivity contribution in [2.24, 2.45) is 0 Å². The predicted octanol–water partition coefficient (Wildman–Crippen LogP) is 16.1. The summed E-state index contributed by atoms with van der Waals surface area (Å²) in [6.45, 7) is 18.2. The molecule has 10 rings (SSSR count). The largest absolute Gasteiger partial charge is 0.310 e. The molecule has 66 heavy (non-hydrogen) atoms. The molecule has 2 aromatic heterocycles. The number of para-hydroxylation sites is 3. The molecule has 3 heterocycles. The van der Waals surface area contributed by atoms with E-state index in [2.05, 4.69) is 246 Å². The van der Waals surface area contributed by atoms with E-state index in [0.29, 0.717) is 23.7 Å². The number of imidazole rings is 2. The van der Waals surface area contributed by atoms with Gasteiger partial charge in [-0.2, -0.15) is 0 Å². The van der Waals surface area contributed by atoms with Gasteiger partial charge in [0.25, 0.3) is 0 Å². The molecule has 5 nitrogen and oxygen atoms in total. The fourth-order valence-electron chi connectivity index (χ4n) is 10.5. The van der Waals surface area contributed by atoms with Gasteiger partial charge in [-0.15, -0.1) is 0 Å². The molecule has 1 aliphatic rings. The lowest BCUT2D eigenvalue weighted by Crippen LogP contribution is -2.37. The highest BCUT2D eigenvalue weighted by molar-refractivity contribution is 5.92. The third kappa shape index (κ3) is 7.18. The van der Waals surface area contributed by atoms with Crippen LogP contribution >= 0.6 is 0 Å². The van der Waals surface area contributed by atoms with Crippen LogP contribution in [-0.4, -0.2) is 19.1 Å². The van der Waals surface area contributed by atoms with Crippen LogP contribution < -0.4 is 4.90 Å². The second kappa shape index (κ2) is 17.3. The van der Waals surface area contributed by atoms with Crippen LogP contribution in [0.4, 0.5) is 17.1 Å². The fraction of sp³-hybridized carbons (Fsp3) is 0.213. The maximum atomic E-state index is 5.16. The molecule has 0 amide bonds. The summed E-state index contributed by atoms with van der Waals surface area (Å²) in [7, 11) is 0. The van der Waals surface area contributed by atoms with Crippen LogP contribution in [0.5, 0.6) is 0 Å². The first-order chi connectivity index (χ1) is 32.1. The summed E-state index contributed by atoms with van der Waals surface area (Å²) in [5, 5.41) is 0. The lowest BCUT2D eigenvalue weighted by atomic mass is 9.62. The molecule has 0 aliphatic carbocycles. The Balaban J connectivity index is 1.18. The summed E-state index contributed by atoms with van der Waals surface area (Å²) in [4.78, 5) is 12.7.